The highest BCUT2D eigenvalue weighted by molar-refractivity contribution is 5.94. The smallest absolute Gasteiger partial charge is 0.224 e. The molecule has 2 aromatic rings. The van der Waals surface area contributed by atoms with Crippen LogP contribution in [0.2, 0.25) is 0 Å². The van der Waals surface area contributed by atoms with Gasteiger partial charge in [-0.25, -0.2) is 0 Å². The molecule has 0 radical (unpaired) electrons. The van der Waals surface area contributed by atoms with Crippen LogP contribution in [0.3, 0.4) is 0 Å². The zero-order valence-corrected chi connectivity index (χ0v) is 12.5. The third kappa shape index (κ3) is 2.51. The first-order chi connectivity index (χ1) is 10.1. The van der Waals surface area contributed by atoms with Crippen LogP contribution >= 0.6 is 0 Å². The van der Waals surface area contributed by atoms with E-state index in [0.717, 1.165) is 35.3 Å². The van der Waals surface area contributed by atoms with E-state index in [4.69, 9.17) is 5.73 Å². The van der Waals surface area contributed by atoms with Crippen LogP contribution in [0.1, 0.15) is 25.8 Å². The molecule has 1 heterocycles. The summed E-state index contributed by atoms with van der Waals surface area (Å²) in [5, 5.41) is 0. The lowest BCUT2D eigenvalue weighted by Crippen LogP contribution is -2.40. The van der Waals surface area contributed by atoms with E-state index in [1.807, 2.05) is 23.1 Å². The lowest BCUT2D eigenvalue weighted by molar-refractivity contribution is -0.117. The second kappa shape index (κ2) is 5.24. The van der Waals surface area contributed by atoms with Gasteiger partial charge < -0.3 is 10.6 Å². The van der Waals surface area contributed by atoms with Crippen molar-refractivity contribution in [3.05, 3.63) is 48.0 Å². The Hall–Kier alpha value is -2.29. The number of nitrogens with zero attached hydrogens (tertiary/aromatic N) is 1. The fraction of sp³-hybridized carbons (Fsp3) is 0.278. The minimum Gasteiger partial charge on any atom is -0.399 e. The van der Waals surface area contributed by atoms with Crippen molar-refractivity contribution in [1.82, 2.24) is 0 Å². The van der Waals surface area contributed by atoms with Crippen molar-refractivity contribution in [3.8, 4) is 11.1 Å². The van der Waals surface area contributed by atoms with Gasteiger partial charge in [0.05, 0.1) is 0 Å². The Kier molecular flexibility index (Phi) is 3.42. The summed E-state index contributed by atoms with van der Waals surface area (Å²) in [7, 11) is 0. The van der Waals surface area contributed by atoms with E-state index in [-0.39, 0.29) is 11.9 Å². The van der Waals surface area contributed by atoms with E-state index >= 15 is 0 Å². The second-order valence-electron chi connectivity index (χ2n) is 5.75. The number of carbonyl (C=O) groups is 1. The third-order valence-electron chi connectivity index (χ3n) is 4.17. The summed E-state index contributed by atoms with van der Waals surface area (Å²) in [4.78, 5) is 13.8. The Balaban J connectivity index is 2.04. The Labute approximate surface area is 125 Å². The highest BCUT2D eigenvalue weighted by Gasteiger charge is 2.26. The van der Waals surface area contributed by atoms with E-state index < -0.39 is 0 Å². The first-order valence-electron chi connectivity index (χ1n) is 7.35. The maximum absolute atomic E-state index is 11.9. The normalized spacial score (nSPS) is 17.4. The van der Waals surface area contributed by atoms with Gasteiger partial charge in [-0.3, -0.25) is 4.79 Å². The third-order valence-corrected chi connectivity index (χ3v) is 4.17. The second-order valence-corrected chi connectivity index (χ2v) is 5.75. The molecule has 1 atom stereocenters. The number of amides is 1. The fourth-order valence-corrected chi connectivity index (χ4v) is 3.13. The van der Waals surface area contributed by atoms with Gasteiger partial charge in [-0.2, -0.15) is 0 Å². The molecule has 0 saturated carbocycles. The van der Waals surface area contributed by atoms with Crippen LogP contribution in [0.4, 0.5) is 11.4 Å². The molecule has 2 aromatic carbocycles. The molecule has 0 saturated heterocycles. The van der Waals surface area contributed by atoms with Crippen molar-refractivity contribution in [2.24, 2.45) is 0 Å². The van der Waals surface area contributed by atoms with Crippen LogP contribution in [0.25, 0.3) is 11.1 Å². The molecular formula is C18H20N2O. The summed E-state index contributed by atoms with van der Waals surface area (Å²) in [5.74, 6) is 0.111. The average molecular weight is 280 g/mol. The fourth-order valence-electron chi connectivity index (χ4n) is 3.13. The molecule has 108 valence electrons. The van der Waals surface area contributed by atoms with Crippen molar-refractivity contribution < 1.29 is 4.79 Å². The lowest BCUT2D eigenvalue weighted by atomic mass is 9.93. The standard InChI is InChI=1S/C18H20N2O/c1-12-6-7-16-10-15(14-4-3-5-17(19)11-14)8-9-18(16)20(12)13(2)21/h3-5,8-12H,6-7,19H2,1-2H3/t12-/m0/s1. The lowest BCUT2D eigenvalue weighted by Gasteiger charge is -2.34. The summed E-state index contributed by atoms with van der Waals surface area (Å²) in [6, 6.07) is 14.5. The Bertz CT molecular complexity index is 693. The van der Waals surface area contributed by atoms with Gasteiger partial charge in [-0.15, -0.1) is 0 Å². The summed E-state index contributed by atoms with van der Waals surface area (Å²) in [5.41, 5.74) is 11.2. The molecule has 3 nitrogen and oxygen atoms in total. The molecule has 0 aliphatic carbocycles. The maximum atomic E-state index is 11.9. The van der Waals surface area contributed by atoms with E-state index in [2.05, 4.69) is 31.2 Å². The zero-order chi connectivity index (χ0) is 15.0. The summed E-state index contributed by atoms with van der Waals surface area (Å²) in [6.07, 6.45) is 2.02. The molecular weight excluding hydrogens is 260 g/mol. The number of rotatable bonds is 1. The molecule has 1 aliphatic heterocycles. The van der Waals surface area contributed by atoms with Gasteiger partial charge in [-0.1, -0.05) is 18.2 Å². The maximum Gasteiger partial charge on any atom is 0.224 e. The first-order valence-corrected chi connectivity index (χ1v) is 7.35. The SMILES string of the molecule is CC(=O)N1c2ccc(-c3cccc(N)c3)cc2CC[C@@H]1C. The molecule has 3 heteroatoms. The topological polar surface area (TPSA) is 46.3 Å². The predicted molar refractivity (Wildman–Crippen MR) is 87.2 cm³/mol. The Morgan fingerprint density at radius 1 is 1.19 bits per heavy atom. The first kappa shape index (κ1) is 13.7. The molecule has 21 heavy (non-hydrogen) atoms. The van der Waals surface area contributed by atoms with Crippen LogP contribution in [0, 0.1) is 0 Å². The Morgan fingerprint density at radius 3 is 2.67 bits per heavy atom. The van der Waals surface area contributed by atoms with Crippen molar-refractivity contribution in [2.45, 2.75) is 32.7 Å². The summed E-state index contributed by atoms with van der Waals surface area (Å²) >= 11 is 0. The Morgan fingerprint density at radius 2 is 1.95 bits per heavy atom. The van der Waals surface area contributed by atoms with E-state index in [1.54, 1.807) is 6.92 Å². The van der Waals surface area contributed by atoms with Gasteiger partial charge in [0.25, 0.3) is 0 Å². The number of hydrogen-bond acceptors (Lipinski definition) is 2. The minimum absolute atomic E-state index is 0.111. The number of carbonyl (C=O) groups excluding carboxylic acids is 1. The van der Waals surface area contributed by atoms with E-state index in [9.17, 15) is 4.79 Å². The highest BCUT2D eigenvalue weighted by Crippen LogP contribution is 2.34. The predicted octanol–water partition coefficient (Wildman–Crippen LogP) is 3.62. The number of benzene rings is 2. The number of anilines is 2. The average Bonchev–Trinajstić information content (AvgIpc) is 2.46. The molecule has 0 unspecified atom stereocenters. The van der Waals surface area contributed by atoms with E-state index in [1.165, 1.54) is 5.56 Å². The highest BCUT2D eigenvalue weighted by atomic mass is 16.2. The number of nitrogen functional groups attached to an aromatic ring is 1. The number of hydrogen-bond donors (Lipinski definition) is 1. The van der Waals surface area contributed by atoms with Gasteiger partial charge in [0.15, 0.2) is 0 Å². The molecule has 0 fully saturated rings. The van der Waals surface area contributed by atoms with Gasteiger partial charge in [0, 0.05) is 24.3 Å². The molecule has 0 spiro atoms. The van der Waals surface area contributed by atoms with Gasteiger partial charge >= 0.3 is 0 Å². The molecule has 0 bridgehead atoms. The molecule has 1 amide bonds. The summed E-state index contributed by atoms with van der Waals surface area (Å²) < 4.78 is 0. The van der Waals surface area contributed by atoms with Gasteiger partial charge in [0.2, 0.25) is 5.91 Å². The van der Waals surface area contributed by atoms with Crippen LogP contribution in [-0.4, -0.2) is 11.9 Å². The monoisotopic (exact) mass is 280 g/mol. The van der Waals surface area contributed by atoms with Crippen LogP contribution in [0.15, 0.2) is 42.5 Å². The zero-order valence-electron chi connectivity index (χ0n) is 12.5. The molecule has 3 rings (SSSR count). The van der Waals surface area contributed by atoms with Crippen LogP contribution in [-0.2, 0) is 11.2 Å². The van der Waals surface area contributed by atoms with Gasteiger partial charge in [0.1, 0.15) is 0 Å². The number of fused-ring (bicyclic) bond motifs is 1. The number of nitrogens with two attached hydrogens (primary N) is 1. The van der Waals surface area contributed by atoms with Crippen molar-refractivity contribution >= 4 is 17.3 Å². The molecule has 0 aromatic heterocycles. The minimum atomic E-state index is 0.111. The van der Waals surface area contributed by atoms with Crippen LogP contribution < -0.4 is 10.6 Å². The largest absolute Gasteiger partial charge is 0.399 e. The van der Waals surface area contributed by atoms with Gasteiger partial charge in [-0.05, 0) is 60.7 Å². The van der Waals surface area contributed by atoms with Crippen molar-refractivity contribution in [2.75, 3.05) is 10.6 Å². The van der Waals surface area contributed by atoms with E-state index in [0.29, 0.717) is 0 Å². The molecule has 1 aliphatic rings. The van der Waals surface area contributed by atoms with Crippen molar-refractivity contribution in [3.63, 3.8) is 0 Å². The number of aryl methyl sites for hydroxylation is 1. The van der Waals surface area contributed by atoms with Crippen LogP contribution in [0.5, 0.6) is 0 Å². The molecule has 2 N–H and O–H groups in total. The summed E-state index contributed by atoms with van der Waals surface area (Å²) in [6.45, 7) is 3.74. The van der Waals surface area contributed by atoms with Crippen molar-refractivity contribution in [1.29, 1.82) is 0 Å². The quantitative estimate of drug-likeness (QED) is 0.811.